The molecule has 118 valence electrons. The molecule has 0 radical (unpaired) electrons. The number of carbonyl (C=O) groups is 1. The van der Waals surface area contributed by atoms with Crippen LogP contribution in [0.1, 0.15) is 52.9 Å². The number of carboxylic acid groups (broad SMARTS) is 1. The Hall–Kier alpha value is -0.650. The highest BCUT2D eigenvalue weighted by atomic mass is 16.5. The smallest absolute Gasteiger partial charge is 0.324 e. The van der Waals surface area contributed by atoms with E-state index in [1.165, 1.54) is 0 Å². The third kappa shape index (κ3) is 5.38. The van der Waals surface area contributed by atoms with E-state index in [9.17, 15) is 9.90 Å². The Bertz CT molecular complexity index is 296. The maximum atomic E-state index is 11.5. The zero-order valence-corrected chi connectivity index (χ0v) is 13.0. The molecule has 1 saturated carbocycles. The summed E-state index contributed by atoms with van der Waals surface area (Å²) in [6.07, 6.45) is 4.18. The first-order valence-corrected chi connectivity index (χ1v) is 7.70. The van der Waals surface area contributed by atoms with Gasteiger partial charge in [0.1, 0.15) is 5.54 Å². The van der Waals surface area contributed by atoms with E-state index in [-0.39, 0.29) is 12.1 Å². The molecule has 0 spiro atoms. The Labute approximate surface area is 122 Å². The highest BCUT2D eigenvalue weighted by molar-refractivity contribution is 5.79. The monoisotopic (exact) mass is 287 g/mol. The van der Waals surface area contributed by atoms with Gasteiger partial charge in [-0.2, -0.15) is 0 Å². The van der Waals surface area contributed by atoms with E-state index in [2.05, 4.69) is 12.2 Å². The number of ether oxygens (including phenoxy) is 2. The lowest BCUT2D eigenvalue weighted by Crippen LogP contribution is -2.53. The van der Waals surface area contributed by atoms with E-state index in [1.807, 2.05) is 13.8 Å². The van der Waals surface area contributed by atoms with Gasteiger partial charge in [-0.1, -0.05) is 13.3 Å². The molecule has 1 rings (SSSR count). The van der Waals surface area contributed by atoms with Crippen LogP contribution in [0.3, 0.4) is 0 Å². The van der Waals surface area contributed by atoms with E-state index >= 15 is 0 Å². The molecule has 5 heteroatoms. The van der Waals surface area contributed by atoms with Gasteiger partial charge >= 0.3 is 5.97 Å². The van der Waals surface area contributed by atoms with Crippen LogP contribution in [-0.2, 0) is 14.3 Å². The summed E-state index contributed by atoms with van der Waals surface area (Å²) in [7, 11) is 0. The molecule has 20 heavy (non-hydrogen) atoms. The summed E-state index contributed by atoms with van der Waals surface area (Å²) >= 11 is 0. The fourth-order valence-corrected chi connectivity index (χ4v) is 2.70. The molecule has 0 bridgehead atoms. The molecule has 0 aromatic rings. The van der Waals surface area contributed by atoms with Crippen molar-refractivity contribution in [3.63, 3.8) is 0 Å². The summed E-state index contributed by atoms with van der Waals surface area (Å²) in [4.78, 5) is 11.5. The Morgan fingerprint density at radius 2 is 2.15 bits per heavy atom. The minimum Gasteiger partial charge on any atom is -0.480 e. The van der Waals surface area contributed by atoms with Crippen molar-refractivity contribution in [2.24, 2.45) is 0 Å². The lowest BCUT2D eigenvalue weighted by molar-refractivity contribution is -0.145. The molecule has 1 aliphatic rings. The Morgan fingerprint density at radius 1 is 1.40 bits per heavy atom. The summed E-state index contributed by atoms with van der Waals surface area (Å²) in [6.45, 7) is 7.99. The summed E-state index contributed by atoms with van der Waals surface area (Å²) in [5.41, 5.74) is -0.818. The van der Waals surface area contributed by atoms with Crippen LogP contribution in [0.25, 0.3) is 0 Å². The lowest BCUT2D eigenvalue weighted by atomic mass is 9.96. The van der Waals surface area contributed by atoms with Gasteiger partial charge in [-0.3, -0.25) is 10.1 Å². The van der Waals surface area contributed by atoms with Crippen molar-refractivity contribution in [3.8, 4) is 0 Å². The van der Waals surface area contributed by atoms with Gasteiger partial charge in [0, 0.05) is 19.1 Å². The first-order chi connectivity index (χ1) is 9.50. The van der Waals surface area contributed by atoms with Crippen molar-refractivity contribution >= 4 is 5.97 Å². The second-order valence-corrected chi connectivity index (χ2v) is 5.89. The zero-order chi connectivity index (χ0) is 15.0. The average molecular weight is 287 g/mol. The van der Waals surface area contributed by atoms with Crippen LogP contribution in [-0.4, -0.2) is 48.6 Å². The van der Waals surface area contributed by atoms with Crippen LogP contribution in [0.2, 0.25) is 0 Å². The Kier molecular flexibility index (Phi) is 7.48. The molecular weight excluding hydrogens is 258 g/mol. The van der Waals surface area contributed by atoms with Gasteiger partial charge < -0.3 is 14.6 Å². The molecule has 0 saturated heterocycles. The third-order valence-electron chi connectivity index (χ3n) is 3.67. The number of aliphatic carboxylic acids is 1. The number of nitrogens with one attached hydrogen (secondary N) is 1. The first kappa shape index (κ1) is 17.4. The molecule has 2 unspecified atom stereocenters. The van der Waals surface area contributed by atoms with Crippen molar-refractivity contribution in [3.05, 3.63) is 0 Å². The maximum Gasteiger partial charge on any atom is 0.324 e. The topological polar surface area (TPSA) is 67.8 Å². The fourth-order valence-electron chi connectivity index (χ4n) is 2.70. The van der Waals surface area contributed by atoms with Crippen LogP contribution < -0.4 is 5.32 Å². The SMILES string of the molecule is CCCCOCCOC1CCC(NC(C)C)(C(=O)O)C1. The molecular formula is C15H29NO4. The first-order valence-electron chi connectivity index (χ1n) is 7.70. The largest absolute Gasteiger partial charge is 0.480 e. The van der Waals surface area contributed by atoms with Gasteiger partial charge in [-0.15, -0.1) is 0 Å². The summed E-state index contributed by atoms with van der Waals surface area (Å²) in [5, 5.41) is 12.6. The number of unbranched alkanes of at least 4 members (excludes halogenated alkanes) is 1. The van der Waals surface area contributed by atoms with Gasteiger partial charge in [-0.25, -0.2) is 0 Å². The minimum absolute atomic E-state index is 0.0205. The van der Waals surface area contributed by atoms with Gasteiger partial charge in [0.05, 0.1) is 19.3 Å². The molecule has 2 N–H and O–H groups in total. The molecule has 5 nitrogen and oxygen atoms in total. The highest BCUT2D eigenvalue weighted by Gasteiger charge is 2.46. The predicted molar refractivity (Wildman–Crippen MR) is 78.0 cm³/mol. The molecule has 1 aliphatic carbocycles. The van der Waals surface area contributed by atoms with Crippen LogP contribution in [0.15, 0.2) is 0 Å². The minimum atomic E-state index is -0.818. The van der Waals surface area contributed by atoms with Gasteiger partial charge in [-0.05, 0) is 33.1 Å². The summed E-state index contributed by atoms with van der Waals surface area (Å²) in [5.74, 6) is -0.767. The van der Waals surface area contributed by atoms with E-state index < -0.39 is 11.5 Å². The fraction of sp³-hybridized carbons (Fsp3) is 0.933. The molecule has 1 fully saturated rings. The van der Waals surface area contributed by atoms with Gasteiger partial charge in [0.2, 0.25) is 0 Å². The van der Waals surface area contributed by atoms with Crippen LogP contribution in [0.5, 0.6) is 0 Å². The van der Waals surface area contributed by atoms with Crippen LogP contribution in [0.4, 0.5) is 0 Å². The second kappa shape index (κ2) is 8.60. The zero-order valence-electron chi connectivity index (χ0n) is 13.0. The van der Waals surface area contributed by atoms with Crippen molar-refractivity contribution in [2.75, 3.05) is 19.8 Å². The molecule has 0 aliphatic heterocycles. The standard InChI is InChI=1S/C15H29NO4/c1-4-5-8-19-9-10-20-13-6-7-15(11-13,14(17)18)16-12(2)3/h12-13,16H,4-11H2,1-3H3,(H,17,18). The van der Waals surface area contributed by atoms with Crippen LogP contribution in [0, 0.1) is 0 Å². The number of carboxylic acids is 1. The van der Waals surface area contributed by atoms with Crippen molar-refractivity contribution < 1.29 is 19.4 Å². The lowest BCUT2D eigenvalue weighted by Gasteiger charge is -2.28. The summed E-state index contributed by atoms with van der Waals surface area (Å²) in [6, 6.07) is 0.155. The van der Waals surface area contributed by atoms with Gasteiger partial charge in [0.25, 0.3) is 0 Å². The molecule has 0 aromatic carbocycles. The number of rotatable bonds is 10. The quantitative estimate of drug-likeness (QED) is 0.603. The van der Waals surface area contributed by atoms with E-state index in [4.69, 9.17) is 9.47 Å². The van der Waals surface area contributed by atoms with Gasteiger partial charge in [0.15, 0.2) is 0 Å². The highest BCUT2D eigenvalue weighted by Crippen LogP contribution is 2.32. The number of hydrogen-bond donors (Lipinski definition) is 2. The van der Waals surface area contributed by atoms with E-state index in [1.54, 1.807) is 0 Å². The number of hydrogen-bond acceptors (Lipinski definition) is 4. The molecule has 0 aromatic heterocycles. The van der Waals surface area contributed by atoms with E-state index in [0.29, 0.717) is 26.1 Å². The Morgan fingerprint density at radius 3 is 2.75 bits per heavy atom. The average Bonchev–Trinajstić information content (AvgIpc) is 2.77. The van der Waals surface area contributed by atoms with Crippen molar-refractivity contribution in [1.29, 1.82) is 0 Å². The molecule has 2 atom stereocenters. The van der Waals surface area contributed by atoms with Crippen molar-refractivity contribution in [1.82, 2.24) is 5.32 Å². The second-order valence-electron chi connectivity index (χ2n) is 5.89. The normalized spacial score (nSPS) is 26.3. The Balaban J connectivity index is 2.28. The molecule has 0 amide bonds. The third-order valence-corrected chi connectivity index (χ3v) is 3.67. The van der Waals surface area contributed by atoms with E-state index in [0.717, 1.165) is 25.9 Å². The van der Waals surface area contributed by atoms with Crippen molar-refractivity contribution in [2.45, 2.75) is 70.6 Å². The predicted octanol–water partition coefficient (Wildman–Crippen LogP) is 2.19. The maximum absolute atomic E-state index is 11.5. The molecule has 0 heterocycles. The summed E-state index contributed by atoms with van der Waals surface area (Å²) < 4.78 is 11.2. The van der Waals surface area contributed by atoms with Crippen LogP contribution >= 0.6 is 0 Å².